The summed E-state index contributed by atoms with van der Waals surface area (Å²) in [4.78, 5) is 35.0. The number of piperidine rings is 1. The molecule has 1 aromatic heterocycles. The summed E-state index contributed by atoms with van der Waals surface area (Å²) in [5.41, 5.74) is 0.711. The van der Waals surface area contributed by atoms with Crippen LogP contribution in [0.1, 0.15) is 30.1 Å². The van der Waals surface area contributed by atoms with Gasteiger partial charge >= 0.3 is 0 Å². The van der Waals surface area contributed by atoms with Crippen LogP contribution in [0.25, 0.3) is 0 Å². The number of nitrogens with zero attached hydrogens (tertiary/aromatic N) is 3. The monoisotopic (exact) mass is 370 g/mol. The maximum absolute atomic E-state index is 12.5. The molecule has 1 atom stereocenters. The van der Waals surface area contributed by atoms with Crippen LogP contribution in [-0.4, -0.2) is 51.1 Å². The van der Waals surface area contributed by atoms with Gasteiger partial charge in [0.1, 0.15) is 0 Å². The minimum absolute atomic E-state index is 0.0183. The van der Waals surface area contributed by atoms with Crippen molar-refractivity contribution in [2.75, 3.05) is 13.1 Å². The van der Waals surface area contributed by atoms with Gasteiger partial charge in [-0.15, -0.1) is 0 Å². The van der Waals surface area contributed by atoms with E-state index in [-0.39, 0.29) is 23.1 Å². The molecule has 1 aliphatic rings. The van der Waals surface area contributed by atoms with Crippen LogP contribution in [0.15, 0.2) is 53.9 Å². The topological polar surface area (TPSA) is 75.2 Å². The van der Waals surface area contributed by atoms with Crippen molar-refractivity contribution < 1.29 is 9.59 Å². The lowest BCUT2D eigenvalue weighted by atomic mass is 10.0. The second-order valence-corrected chi connectivity index (χ2v) is 7.54. The highest BCUT2D eigenvalue weighted by Gasteiger charge is 2.26. The second kappa shape index (κ2) is 8.80. The van der Waals surface area contributed by atoms with E-state index in [2.05, 4.69) is 15.3 Å². The molecule has 0 radical (unpaired) electrons. The Morgan fingerprint density at radius 3 is 2.42 bits per heavy atom. The number of hydrogen-bond donors (Lipinski definition) is 1. The van der Waals surface area contributed by atoms with Gasteiger partial charge in [-0.05, 0) is 38.0 Å². The summed E-state index contributed by atoms with van der Waals surface area (Å²) in [7, 11) is 0. The Balaban J connectivity index is 1.46. The Bertz CT molecular complexity index is 734. The Morgan fingerprint density at radius 2 is 1.77 bits per heavy atom. The molecule has 0 saturated carbocycles. The van der Waals surface area contributed by atoms with Crippen LogP contribution in [0.2, 0.25) is 0 Å². The Labute approximate surface area is 157 Å². The van der Waals surface area contributed by atoms with Gasteiger partial charge < -0.3 is 10.2 Å². The Hall–Kier alpha value is -2.41. The van der Waals surface area contributed by atoms with Crippen molar-refractivity contribution in [3.05, 3.63) is 54.4 Å². The fraction of sp³-hybridized carbons (Fsp3) is 0.368. The van der Waals surface area contributed by atoms with Crippen LogP contribution in [0.4, 0.5) is 0 Å². The smallest absolute Gasteiger partial charge is 0.253 e. The third-order valence-electron chi connectivity index (χ3n) is 4.34. The Morgan fingerprint density at radius 1 is 1.12 bits per heavy atom. The molecule has 1 saturated heterocycles. The van der Waals surface area contributed by atoms with Gasteiger partial charge in [-0.1, -0.05) is 30.0 Å². The van der Waals surface area contributed by atoms with Crippen LogP contribution in [0.3, 0.4) is 0 Å². The number of benzene rings is 1. The fourth-order valence-corrected chi connectivity index (χ4v) is 3.60. The first-order valence-electron chi connectivity index (χ1n) is 8.72. The molecular weight excluding hydrogens is 348 g/mol. The molecule has 1 aliphatic heterocycles. The molecule has 1 aromatic carbocycles. The molecule has 6 nitrogen and oxygen atoms in total. The van der Waals surface area contributed by atoms with E-state index in [1.54, 1.807) is 18.5 Å². The van der Waals surface area contributed by atoms with E-state index in [0.717, 1.165) is 12.8 Å². The van der Waals surface area contributed by atoms with Crippen LogP contribution < -0.4 is 5.32 Å². The molecule has 136 valence electrons. The summed E-state index contributed by atoms with van der Waals surface area (Å²) in [5, 5.41) is 3.42. The standard InChI is InChI=1S/C19H22N4O2S/c1-14(26-19-20-10-5-11-21-19)17(24)22-16-8-12-23(13-9-16)18(25)15-6-3-2-4-7-15/h2-7,10-11,14,16H,8-9,12-13H2,1H3,(H,22,24). The fourth-order valence-electron chi connectivity index (χ4n) is 2.87. The number of nitrogens with one attached hydrogen (secondary N) is 1. The highest BCUT2D eigenvalue weighted by atomic mass is 32.2. The highest BCUT2D eigenvalue weighted by molar-refractivity contribution is 8.00. The maximum Gasteiger partial charge on any atom is 0.253 e. The van der Waals surface area contributed by atoms with Crippen LogP contribution in [0.5, 0.6) is 0 Å². The van der Waals surface area contributed by atoms with Crippen LogP contribution in [0, 0.1) is 0 Å². The highest BCUT2D eigenvalue weighted by Crippen LogP contribution is 2.20. The number of carbonyl (C=O) groups is 2. The van der Waals surface area contributed by atoms with Gasteiger partial charge in [0.15, 0.2) is 5.16 Å². The van der Waals surface area contributed by atoms with Crippen LogP contribution >= 0.6 is 11.8 Å². The average Bonchev–Trinajstić information content (AvgIpc) is 2.69. The molecule has 3 rings (SSSR count). The first-order valence-corrected chi connectivity index (χ1v) is 9.60. The minimum atomic E-state index is -0.263. The van der Waals surface area contributed by atoms with Gasteiger partial charge in [0.25, 0.3) is 5.91 Å². The third-order valence-corrected chi connectivity index (χ3v) is 5.33. The summed E-state index contributed by atoms with van der Waals surface area (Å²) in [6, 6.07) is 11.2. The zero-order valence-corrected chi connectivity index (χ0v) is 15.5. The molecule has 1 unspecified atom stereocenters. The molecule has 7 heteroatoms. The van der Waals surface area contributed by atoms with E-state index >= 15 is 0 Å². The Kier molecular flexibility index (Phi) is 6.22. The summed E-state index contributed by atoms with van der Waals surface area (Å²) in [6.45, 7) is 3.16. The molecule has 1 fully saturated rings. The maximum atomic E-state index is 12.5. The van der Waals surface area contributed by atoms with Crippen molar-refractivity contribution in [3.8, 4) is 0 Å². The summed E-state index contributed by atoms with van der Waals surface area (Å²) in [5.74, 6) is 0.0378. The third kappa shape index (κ3) is 4.82. The zero-order chi connectivity index (χ0) is 18.4. The van der Waals surface area contributed by atoms with Crippen molar-refractivity contribution in [1.82, 2.24) is 20.2 Å². The van der Waals surface area contributed by atoms with E-state index in [1.807, 2.05) is 42.2 Å². The lowest BCUT2D eigenvalue weighted by Gasteiger charge is -2.33. The van der Waals surface area contributed by atoms with Gasteiger partial charge in [0, 0.05) is 37.1 Å². The molecule has 0 bridgehead atoms. The summed E-state index contributed by atoms with van der Waals surface area (Å²) >= 11 is 1.34. The molecule has 0 spiro atoms. The number of carbonyl (C=O) groups excluding carboxylic acids is 2. The summed E-state index contributed by atoms with van der Waals surface area (Å²) < 4.78 is 0. The molecular formula is C19H22N4O2S. The number of thioether (sulfide) groups is 1. The van der Waals surface area contributed by atoms with E-state index in [9.17, 15) is 9.59 Å². The van der Waals surface area contributed by atoms with Crippen molar-refractivity contribution >= 4 is 23.6 Å². The van der Waals surface area contributed by atoms with Gasteiger partial charge in [0.05, 0.1) is 5.25 Å². The predicted octanol–water partition coefficient (Wildman–Crippen LogP) is 2.38. The van der Waals surface area contributed by atoms with E-state index in [4.69, 9.17) is 0 Å². The normalized spacial score (nSPS) is 16.1. The first-order chi connectivity index (χ1) is 12.6. The SMILES string of the molecule is CC(Sc1ncccn1)C(=O)NC1CCN(C(=O)c2ccccc2)CC1. The van der Waals surface area contributed by atoms with E-state index < -0.39 is 0 Å². The van der Waals surface area contributed by atoms with E-state index in [1.165, 1.54) is 11.8 Å². The zero-order valence-electron chi connectivity index (χ0n) is 14.7. The number of amides is 2. The lowest BCUT2D eigenvalue weighted by molar-refractivity contribution is -0.121. The van der Waals surface area contributed by atoms with E-state index in [0.29, 0.717) is 23.8 Å². The molecule has 2 aromatic rings. The predicted molar refractivity (Wildman–Crippen MR) is 101 cm³/mol. The second-order valence-electron chi connectivity index (χ2n) is 6.23. The number of hydrogen-bond acceptors (Lipinski definition) is 5. The van der Waals surface area contributed by atoms with Crippen LogP contribution in [-0.2, 0) is 4.79 Å². The lowest BCUT2D eigenvalue weighted by Crippen LogP contribution is -2.48. The largest absolute Gasteiger partial charge is 0.352 e. The molecule has 26 heavy (non-hydrogen) atoms. The minimum Gasteiger partial charge on any atom is -0.352 e. The first kappa shape index (κ1) is 18.4. The van der Waals surface area contributed by atoms with Gasteiger partial charge in [-0.2, -0.15) is 0 Å². The molecule has 2 heterocycles. The van der Waals surface area contributed by atoms with Crippen molar-refractivity contribution in [3.63, 3.8) is 0 Å². The average molecular weight is 370 g/mol. The number of rotatable bonds is 5. The van der Waals surface area contributed by atoms with Crippen molar-refractivity contribution in [2.24, 2.45) is 0 Å². The van der Waals surface area contributed by atoms with Crippen molar-refractivity contribution in [1.29, 1.82) is 0 Å². The molecule has 1 N–H and O–H groups in total. The molecule has 0 aliphatic carbocycles. The molecule has 2 amide bonds. The van der Waals surface area contributed by atoms with Gasteiger partial charge in [0.2, 0.25) is 5.91 Å². The number of likely N-dealkylation sites (tertiary alicyclic amines) is 1. The number of aromatic nitrogens is 2. The van der Waals surface area contributed by atoms with Gasteiger partial charge in [-0.25, -0.2) is 9.97 Å². The van der Waals surface area contributed by atoms with Gasteiger partial charge in [-0.3, -0.25) is 9.59 Å². The van der Waals surface area contributed by atoms with Crippen molar-refractivity contribution in [2.45, 2.75) is 36.2 Å². The summed E-state index contributed by atoms with van der Waals surface area (Å²) in [6.07, 6.45) is 4.87. The quantitative estimate of drug-likeness (QED) is 0.646.